The Bertz CT molecular complexity index is 1050. The first kappa shape index (κ1) is 21.8. The fourth-order valence-electron chi connectivity index (χ4n) is 3.45. The lowest BCUT2D eigenvalue weighted by Gasteiger charge is -2.32. The van der Waals surface area contributed by atoms with Gasteiger partial charge >= 0.3 is 0 Å². The average molecular weight is 432 g/mol. The zero-order chi connectivity index (χ0) is 21.9. The highest BCUT2D eigenvalue weighted by molar-refractivity contribution is 7.89. The minimum atomic E-state index is -3.92. The summed E-state index contributed by atoms with van der Waals surface area (Å²) in [5.41, 5.74) is 1.87. The first-order chi connectivity index (χ1) is 14.2. The van der Waals surface area contributed by atoms with Crippen LogP contribution in [0.25, 0.3) is 0 Å². The van der Waals surface area contributed by atoms with Crippen LogP contribution in [-0.2, 0) is 14.8 Å². The number of rotatable bonds is 5. The molecule has 30 heavy (non-hydrogen) atoms. The van der Waals surface area contributed by atoms with Crippen molar-refractivity contribution in [3.63, 3.8) is 0 Å². The van der Waals surface area contributed by atoms with Crippen molar-refractivity contribution in [2.45, 2.75) is 24.7 Å². The molecule has 3 N–H and O–H groups in total. The van der Waals surface area contributed by atoms with Crippen LogP contribution in [-0.4, -0.2) is 45.3 Å². The van der Waals surface area contributed by atoms with Crippen LogP contribution in [0.1, 0.15) is 28.8 Å². The second kappa shape index (κ2) is 8.85. The van der Waals surface area contributed by atoms with E-state index in [0.29, 0.717) is 30.7 Å². The topological polar surface area (TPSA) is 119 Å². The molecule has 0 radical (unpaired) electrons. The lowest BCUT2D eigenvalue weighted by atomic mass is 9.96. The highest BCUT2D eigenvalue weighted by Gasteiger charge is 2.29. The Labute approximate surface area is 176 Å². The fourth-order valence-corrected chi connectivity index (χ4v) is 3.99. The molecule has 1 fully saturated rings. The van der Waals surface area contributed by atoms with Gasteiger partial charge in [0.05, 0.1) is 23.6 Å². The van der Waals surface area contributed by atoms with Gasteiger partial charge in [-0.05, 0) is 50.1 Å². The van der Waals surface area contributed by atoms with E-state index >= 15 is 0 Å². The molecule has 0 aromatic heterocycles. The van der Waals surface area contributed by atoms with Gasteiger partial charge in [0.2, 0.25) is 15.9 Å². The second-order valence-corrected chi connectivity index (χ2v) is 8.91. The maximum Gasteiger partial charge on any atom is 0.253 e. The SMILES string of the molecule is COc1ccc(S(N)(=O)=O)cc1NC(=O)C1CCCN(C(=O)c2ccc(C)cc2)C1. The van der Waals surface area contributed by atoms with E-state index in [9.17, 15) is 18.0 Å². The van der Waals surface area contributed by atoms with E-state index in [2.05, 4.69) is 5.32 Å². The zero-order valence-corrected chi connectivity index (χ0v) is 17.7. The Morgan fingerprint density at radius 3 is 2.50 bits per heavy atom. The third-order valence-corrected chi connectivity index (χ3v) is 6.05. The number of methoxy groups -OCH3 is 1. The van der Waals surface area contributed by atoms with Crippen molar-refractivity contribution >= 4 is 27.5 Å². The average Bonchev–Trinajstić information content (AvgIpc) is 2.73. The van der Waals surface area contributed by atoms with E-state index < -0.39 is 15.9 Å². The maximum absolute atomic E-state index is 12.9. The number of carbonyl (C=O) groups is 2. The smallest absolute Gasteiger partial charge is 0.253 e. The molecule has 2 aromatic rings. The van der Waals surface area contributed by atoms with Gasteiger partial charge in [0, 0.05) is 18.7 Å². The number of likely N-dealkylation sites (tertiary alicyclic amines) is 1. The molecule has 0 saturated carbocycles. The molecule has 9 heteroatoms. The van der Waals surface area contributed by atoms with E-state index in [1.165, 1.54) is 25.3 Å². The number of nitrogens with two attached hydrogens (primary N) is 1. The van der Waals surface area contributed by atoms with Crippen molar-refractivity contribution in [2.24, 2.45) is 11.1 Å². The minimum Gasteiger partial charge on any atom is -0.495 e. The lowest BCUT2D eigenvalue weighted by molar-refractivity contribution is -0.121. The monoisotopic (exact) mass is 431 g/mol. The Hall–Kier alpha value is -2.91. The van der Waals surface area contributed by atoms with Gasteiger partial charge in [0.25, 0.3) is 5.91 Å². The highest BCUT2D eigenvalue weighted by Crippen LogP contribution is 2.29. The Morgan fingerprint density at radius 2 is 1.87 bits per heavy atom. The summed E-state index contributed by atoms with van der Waals surface area (Å²) in [6.07, 6.45) is 1.32. The number of aryl methyl sites for hydroxylation is 1. The highest BCUT2D eigenvalue weighted by atomic mass is 32.2. The number of benzene rings is 2. The number of amides is 2. The predicted octanol–water partition coefficient (Wildman–Crippen LogP) is 2.14. The largest absolute Gasteiger partial charge is 0.495 e. The van der Waals surface area contributed by atoms with Crippen LogP contribution >= 0.6 is 0 Å². The number of nitrogens with one attached hydrogen (secondary N) is 1. The molecule has 1 saturated heterocycles. The third-order valence-electron chi connectivity index (χ3n) is 5.14. The summed E-state index contributed by atoms with van der Waals surface area (Å²) in [5, 5.41) is 7.91. The Balaban J connectivity index is 1.74. The normalized spacial score (nSPS) is 16.8. The molecule has 2 amide bonds. The third kappa shape index (κ3) is 4.98. The van der Waals surface area contributed by atoms with Crippen molar-refractivity contribution in [1.82, 2.24) is 4.90 Å². The number of primary sulfonamides is 1. The summed E-state index contributed by atoms with van der Waals surface area (Å²) in [6.45, 7) is 2.82. The van der Waals surface area contributed by atoms with Gasteiger partial charge in [0.15, 0.2) is 0 Å². The van der Waals surface area contributed by atoms with Crippen LogP contribution in [0.4, 0.5) is 5.69 Å². The molecule has 1 heterocycles. The standard InChI is InChI=1S/C21H25N3O5S/c1-14-5-7-15(8-6-14)21(26)24-11-3-4-16(13-24)20(25)23-18-12-17(30(22,27)28)9-10-19(18)29-2/h5-10,12,16H,3-4,11,13H2,1-2H3,(H,23,25)(H2,22,27,28). The molecule has 8 nitrogen and oxygen atoms in total. The number of hydrogen-bond acceptors (Lipinski definition) is 5. The summed E-state index contributed by atoms with van der Waals surface area (Å²) in [5.74, 6) is -0.516. The molecular weight excluding hydrogens is 406 g/mol. The van der Waals surface area contributed by atoms with E-state index in [0.717, 1.165) is 5.56 Å². The van der Waals surface area contributed by atoms with Gasteiger partial charge in [-0.3, -0.25) is 9.59 Å². The van der Waals surface area contributed by atoms with Gasteiger partial charge in [-0.25, -0.2) is 13.6 Å². The molecule has 0 spiro atoms. The van der Waals surface area contributed by atoms with E-state index in [1.807, 2.05) is 19.1 Å². The quantitative estimate of drug-likeness (QED) is 0.752. The zero-order valence-electron chi connectivity index (χ0n) is 16.9. The van der Waals surface area contributed by atoms with Crippen molar-refractivity contribution in [1.29, 1.82) is 0 Å². The van der Waals surface area contributed by atoms with Gasteiger partial charge in [0.1, 0.15) is 5.75 Å². The molecule has 2 aromatic carbocycles. The first-order valence-electron chi connectivity index (χ1n) is 9.56. The molecule has 0 aliphatic carbocycles. The lowest BCUT2D eigenvalue weighted by Crippen LogP contribution is -2.43. The molecule has 160 valence electrons. The second-order valence-electron chi connectivity index (χ2n) is 7.35. The number of carbonyl (C=O) groups excluding carboxylic acids is 2. The van der Waals surface area contributed by atoms with Crippen molar-refractivity contribution < 1.29 is 22.7 Å². The van der Waals surface area contributed by atoms with Crippen LogP contribution in [0, 0.1) is 12.8 Å². The minimum absolute atomic E-state index is 0.110. The summed E-state index contributed by atoms with van der Waals surface area (Å²) in [6, 6.07) is 11.3. The van der Waals surface area contributed by atoms with Gasteiger partial charge in [-0.2, -0.15) is 0 Å². The van der Waals surface area contributed by atoms with Crippen molar-refractivity contribution in [3.05, 3.63) is 53.6 Å². The van der Waals surface area contributed by atoms with E-state index in [4.69, 9.17) is 9.88 Å². The number of sulfonamides is 1. The summed E-state index contributed by atoms with van der Waals surface area (Å²) in [7, 11) is -2.50. The summed E-state index contributed by atoms with van der Waals surface area (Å²) < 4.78 is 28.5. The van der Waals surface area contributed by atoms with Gasteiger partial charge < -0.3 is 15.0 Å². The number of ether oxygens (including phenoxy) is 1. The maximum atomic E-state index is 12.9. The van der Waals surface area contributed by atoms with Crippen LogP contribution in [0.3, 0.4) is 0 Å². The number of nitrogens with zero attached hydrogens (tertiary/aromatic N) is 1. The number of anilines is 1. The van der Waals surface area contributed by atoms with Crippen molar-refractivity contribution in [2.75, 3.05) is 25.5 Å². The number of piperidine rings is 1. The van der Waals surface area contributed by atoms with Gasteiger partial charge in [-0.1, -0.05) is 17.7 Å². The van der Waals surface area contributed by atoms with Crippen molar-refractivity contribution in [3.8, 4) is 5.75 Å². The Kier molecular flexibility index (Phi) is 6.42. The molecule has 1 aliphatic rings. The van der Waals surface area contributed by atoms with Crippen LogP contribution in [0.15, 0.2) is 47.4 Å². The van der Waals surface area contributed by atoms with E-state index in [-0.39, 0.29) is 28.9 Å². The molecule has 1 unspecified atom stereocenters. The Morgan fingerprint density at radius 1 is 1.17 bits per heavy atom. The molecular formula is C21H25N3O5S. The van der Waals surface area contributed by atoms with Crippen LogP contribution in [0.2, 0.25) is 0 Å². The fraction of sp³-hybridized carbons (Fsp3) is 0.333. The van der Waals surface area contributed by atoms with Gasteiger partial charge in [-0.15, -0.1) is 0 Å². The molecule has 0 bridgehead atoms. The first-order valence-corrected chi connectivity index (χ1v) is 11.1. The summed E-state index contributed by atoms with van der Waals surface area (Å²) >= 11 is 0. The summed E-state index contributed by atoms with van der Waals surface area (Å²) in [4.78, 5) is 27.2. The molecule has 3 rings (SSSR count). The predicted molar refractivity (Wildman–Crippen MR) is 113 cm³/mol. The van der Waals surface area contributed by atoms with Crippen LogP contribution < -0.4 is 15.2 Å². The molecule has 1 aliphatic heterocycles. The van der Waals surface area contributed by atoms with E-state index in [1.54, 1.807) is 17.0 Å². The molecule has 1 atom stereocenters. The number of hydrogen-bond donors (Lipinski definition) is 2. The van der Waals surface area contributed by atoms with Crippen LogP contribution in [0.5, 0.6) is 5.75 Å².